The molecular formula is C14H24N2. The van der Waals surface area contributed by atoms with Gasteiger partial charge in [0, 0.05) is 12.6 Å². The summed E-state index contributed by atoms with van der Waals surface area (Å²) in [6, 6.07) is 11.1. The summed E-state index contributed by atoms with van der Waals surface area (Å²) in [4.78, 5) is 2.37. The molecule has 2 atom stereocenters. The van der Waals surface area contributed by atoms with Crippen LogP contribution >= 0.6 is 0 Å². The zero-order valence-electron chi connectivity index (χ0n) is 10.7. The standard InChI is InChI=1S/C14H24N2/c1-4-10-16(3)14(11-15)12(2)13-8-6-5-7-9-13/h5-9,12,14H,4,10-11,15H2,1-3H3. The van der Waals surface area contributed by atoms with Gasteiger partial charge in [0.1, 0.15) is 0 Å². The van der Waals surface area contributed by atoms with Crippen LogP contribution in [-0.4, -0.2) is 31.1 Å². The normalized spacial score (nSPS) is 15.1. The Hall–Kier alpha value is -0.860. The molecule has 16 heavy (non-hydrogen) atoms. The second-order valence-corrected chi connectivity index (χ2v) is 4.48. The lowest BCUT2D eigenvalue weighted by Gasteiger charge is -2.32. The van der Waals surface area contributed by atoms with E-state index in [0.717, 1.165) is 6.54 Å². The number of hydrogen-bond donors (Lipinski definition) is 1. The molecule has 2 N–H and O–H groups in total. The van der Waals surface area contributed by atoms with Gasteiger partial charge in [0.05, 0.1) is 0 Å². The van der Waals surface area contributed by atoms with Crippen molar-refractivity contribution in [2.24, 2.45) is 5.73 Å². The van der Waals surface area contributed by atoms with E-state index in [-0.39, 0.29) is 0 Å². The number of nitrogens with two attached hydrogens (primary N) is 1. The van der Waals surface area contributed by atoms with Crippen LogP contribution in [0.15, 0.2) is 30.3 Å². The molecule has 2 nitrogen and oxygen atoms in total. The maximum absolute atomic E-state index is 5.90. The topological polar surface area (TPSA) is 29.3 Å². The molecule has 0 fully saturated rings. The van der Waals surface area contributed by atoms with E-state index in [1.54, 1.807) is 0 Å². The van der Waals surface area contributed by atoms with E-state index in [9.17, 15) is 0 Å². The third-order valence-electron chi connectivity index (χ3n) is 3.29. The Bertz CT molecular complexity index is 284. The minimum Gasteiger partial charge on any atom is -0.329 e. The number of likely N-dealkylation sites (N-methyl/N-ethyl adjacent to an activating group) is 1. The molecule has 1 aromatic rings. The fraction of sp³-hybridized carbons (Fsp3) is 0.571. The molecule has 0 spiro atoms. The summed E-state index contributed by atoms with van der Waals surface area (Å²) in [7, 11) is 2.17. The van der Waals surface area contributed by atoms with E-state index >= 15 is 0 Å². The molecule has 0 heterocycles. The van der Waals surface area contributed by atoms with Crippen molar-refractivity contribution in [3.8, 4) is 0 Å². The highest BCUT2D eigenvalue weighted by molar-refractivity contribution is 5.20. The molecule has 0 aliphatic heterocycles. The van der Waals surface area contributed by atoms with Crippen molar-refractivity contribution in [2.45, 2.75) is 32.2 Å². The first-order valence-corrected chi connectivity index (χ1v) is 6.16. The van der Waals surface area contributed by atoms with Gasteiger partial charge in [-0.3, -0.25) is 0 Å². The van der Waals surface area contributed by atoms with Crippen molar-refractivity contribution < 1.29 is 0 Å². The Morgan fingerprint density at radius 3 is 2.38 bits per heavy atom. The van der Waals surface area contributed by atoms with Crippen LogP contribution in [-0.2, 0) is 0 Å². The van der Waals surface area contributed by atoms with Crippen LogP contribution in [0, 0.1) is 0 Å². The van der Waals surface area contributed by atoms with Gasteiger partial charge in [-0.1, -0.05) is 44.2 Å². The highest BCUT2D eigenvalue weighted by atomic mass is 15.1. The lowest BCUT2D eigenvalue weighted by atomic mass is 9.92. The summed E-state index contributed by atoms with van der Waals surface area (Å²) in [6.07, 6.45) is 1.18. The summed E-state index contributed by atoms with van der Waals surface area (Å²) >= 11 is 0. The maximum atomic E-state index is 5.90. The zero-order chi connectivity index (χ0) is 12.0. The van der Waals surface area contributed by atoms with E-state index in [4.69, 9.17) is 5.73 Å². The van der Waals surface area contributed by atoms with Crippen LogP contribution < -0.4 is 5.73 Å². The zero-order valence-corrected chi connectivity index (χ0v) is 10.7. The van der Waals surface area contributed by atoms with Gasteiger partial charge in [0.2, 0.25) is 0 Å². The van der Waals surface area contributed by atoms with Crippen molar-refractivity contribution >= 4 is 0 Å². The van der Waals surface area contributed by atoms with Gasteiger partial charge in [-0.05, 0) is 31.5 Å². The Balaban J connectivity index is 2.73. The van der Waals surface area contributed by atoms with Crippen LogP contribution in [0.25, 0.3) is 0 Å². The SMILES string of the molecule is CCCN(C)C(CN)C(C)c1ccccc1. The van der Waals surface area contributed by atoms with Crippen molar-refractivity contribution in [2.75, 3.05) is 20.1 Å². The fourth-order valence-corrected chi connectivity index (χ4v) is 2.26. The second-order valence-electron chi connectivity index (χ2n) is 4.48. The van der Waals surface area contributed by atoms with Gasteiger partial charge < -0.3 is 10.6 Å². The van der Waals surface area contributed by atoms with Crippen LogP contribution in [0.5, 0.6) is 0 Å². The average molecular weight is 220 g/mol. The Labute approximate surface area is 99.5 Å². The molecule has 1 aromatic carbocycles. The molecule has 2 heteroatoms. The molecule has 0 radical (unpaired) electrons. The lowest BCUT2D eigenvalue weighted by molar-refractivity contribution is 0.221. The summed E-state index contributed by atoms with van der Waals surface area (Å²) in [6.45, 7) is 6.29. The maximum Gasteiger partial charge on any atom is 0.0281 e. The van der Waals surface area contributed by atoms with Gasteiger partial charge in [-0.15, -0.1) is 0 Å². The minimum absolute atomic E-state index is 0.433. The number of hydrogen-bond acceptors (Lipinski definition) is 2. The van der Waals surface area contributed by atoms with Gasteiger partial charge in [0.15, 0.2) is 0 Å². The van der Waals surface area contributed by atoms with Gasteiger partial charge >= 0.3 is 0 Å². The Kier molecular flexibility index (Phi) is 5.50. The molecule has 0 saturated carbocycles. The summed E-state index contributed by atoms with van der Waals surface area (Å²) < 4.78 is 0. The number of benzene rings is 1. The van der Waals surface area contributed by atoms with E-state index in [0.29, 0.717) is 18.5 Å². The van der Waals surface area contributed by atoms with Gasteiger partial charge in [-0.25, -0.2) is 0 Å². The third-order valence-corrected chi connectivity index (χ3v) is 3.29. The van der Waals surface area contributed by atoms with Gasteiger partial charge in [0.25, 0.3) is 0 Å². The summed E-state index contributed by atoms with van der Waals surface area (Å²) in [5.74, 6) is 0.489. The predicted molar refractivity (Wildman–Crippen MR) is 70.6 cm³/mol. The van der Waals surface area contributed by atoms with Crippen molar-refractivity contribution in [1.29, 1.82) is 0 Å². The molecule has 1 rings (SSSR count). The van der Waals surface area contributed by atoms with Crippen LogP contribution in [0.1, 0.15) is 31.7 Å². The second kappa shape index (κ2) is 6.66. The number of nitrogens with zero attached hydrogens (tertiary/aromatic N) is 1. The fourth-order valence-electron chi connectivity index (χ4n) is 2.26. The highest BCUT2D eigenvalue weighted by Crippen LogP contribution is 2.21. The summed E-state index contributed by atoms with van der Waals surface area (Å²) in [5.41, 5.74) is 7.28. The molecule has 0 aliphatic rings. The van der Waals surface area contributed by atoms with Crippen LogP contribution in [0.4, 0.5) is 0 Å². The first-order chi connectivity index (χ1) is 7.70. The molecule has 0 amide bonds. The number of rotatable bonds is 6. The van der Waals surface area contributed by atoms with E-state index in [1.807, 2.05) is 0 Å². The van der Waals surface area contributed by atoms with Crippen molar-refractivity contribution in [3.63, 3.8) is 0 Å². The monoisotopic (exact) mass is 220 g/mol. The van der Waals surface area contributed by atoms with Crippen molar-refractivity contribution in [1.82, 2.24) is 4.90 Å². The molecule has 0 bridgehead atoms. The molecule has 0 saturated heterocycles. The van der Waals surface area contributed by atoms with Crippen LogP contribution in [0.3, 0.4) is 0 Å². The molecule has 0 aliphatic carbocycles. The Morgan fingerprint density at radius 1 is 1.25 bits per heavy atom. The molecule has 90 valence electrons. The largest absolute Gasteiger partial charge is 0.329 e. The predicted octanol–water partition coefficient (Wildman–Crippen LogP) is 2.46. The smallest absolute Gasteiger partial charge is 0.0281 e. The first-order valence-electron chi connectivity index (χ1n) is 6.16. The Morgan fingerprint density at radius 2 is 1.88 bits per heavy atom. The van der Waals surface area contributed by atoms with Gasteiger partial charge in [-0.2, -0.15) is 0 Å². The van der Waals surface area contributed by atoms with Crippen molar-refractivity contribution in [3.05, 3.63) is 35.9 Å². The molecule has 0 aromatic heterocycles. The first kappa shape index (κ1) is 13.2. The highest BCUT2D eigenvalue weighted by Gasteiger charge is 2.20. The van der Waals surface area contributed by atoms with E-state index < -0.39 is 0 Å². The third kappa shape index (κ3) is 3.32. The van der Waals surface area contributed by atoms with E-state index in [2.05, 4.69) is 56.1 Å². The quantitative estimate of drug-likeness (QED) is 0.798. The van der Waals surface area contributed by atoms with Crippen LogP contribution in [0.2, 0.25) is 0 Å². The summed E-state index contributed by atoms with van der Waals surface area (Å²) in [5, 5.41) is 0. The van der Waals surface area contributed by atoms with E-state index in [1.165, 1.54) is 12.0 Å². The lowest BCUT2D eigenvalue weighted by Crippen LogP contribution is -2.41. The minimum atomic E-state index is 0.433. The molecule has 2 unspecified atom stereocenters. The average Bonchev–Trinajstić information content (AvgIpc) is 2.31. The molecular weight excluding hydrogens is 196 g/mol.